The number of hydrogen-bond donors (Lipinski definition) is 3. The van der Waals surface area contributed by atoms with Crippen LogP contribution in [0.4, 0.5) is 29.8 Å². The number of amides is 1. The lowest BCUT2D eigenvalue weighted by molar-refractivity contribution is -0.137. The molecule has 4 rings (SSSR count). The van der Waals surface area contributed by atoms with E-state index in [2.05, 4.69) is 20.7 Å². The van der Waals surface area contributed by atoms with Crippen molar-refractivity contribution < 1.29 is 23.1 Å². The van der Waals surface area contributed by atoms with E-state index < -0.39 is 11.7 Å². The van der Waals surface area contributed by atoms with Crippen LogP contribution in [0.5, 0.6) is 5.75 Å². The van der Waals surface area contributed by atoms with Gasteiger partial charge in [-0.2, -0.15) is 13.2 Å². The highest BCUT2D eigenvalue weighted by Gasteiger charge is 2.30. The molecule has 2 aromatic heterocycles. The third kappa shape index (κ3) is 4.74. The number of benzene rings is 2. The van der Waals surface area contributed by atoms with Crippen molar-refractivity contribution in [3.05, 3.63) is 75.9 Å². The Morgan fingerprint density at radius 1 is 1.12 bits per heavy atom. The number of alkyl halides is 3. The summed E-state index contributed by atoms with van der Waals surface area (Å²) in [5.74, 6) is 0.103. The van der Waals surface area contributed by atoms with Crippen LogP contribution in [0.15, 0.2) is 48.8 Å². The number of rotatable bonds is 5. The van der Waals surface area contributed by atoms with Crippen LogP contribution < -0.4 is 10.6 Å². The number of halogens is 3. The van der Waals surface area contributed by atoms with Gasteiger partial charge in [-0.15, -0.1) is 5.10 Å². The van der Waals surface area contributed by atoms with Gasteiger partial charge >= 0.3 is 6.18 Å². The van der Waals surface area contributed by atoms with Crippen LogP contribution in [0, 0.1) is 20.8 Å². The third-order valence-electron chi connectivity index (χ3n) is 5.17. The molecule has 34 heavy (non-hydrogen) atoms. The number of carbonyl (C=O) groups excluding carboxylic acids is 1. The Kier molecular flexibility index (Phi) is 6.05. The number of carbonyl (C=O) groups is 1. The number of hydrogen-bond acceptors (Lipinski definition) is 6. The first-order valence-corrected chi connectivity index (χ1v) is 10.9. The molecule has 3 N–H and O–H groups in total. The Morgan fingerprint density at radius 3 is 2.62 bits per heavy atom. The van der Waals surface area contributed by atoms with Crippen molar-refractivity contribution in [3.63, 3.8) is 0 Å². The third-order valence-corrected chi connectivity index (χ3v) is 6.08. The molecule has 4 aromatic rings. The van der Waals surface area contributed by atoms with Gasteiger partial charge in [-0.05, 0) is 50.6 Å². The lowest BCUT2D eigenvalue weighted by Gasteiger charge is -2.11. The minimum absolute atomic E-state index is 0.0828. The molecular weight excluding hydrogens is 467 g/mol. The first-order valence-electron chi connectivity index (χ1n) is 10.1. The van der Waals surface area contributed by atoms with E-state index in [1.807, 2.05) is 6.92 Å². The van der Waals surface area contributed by atoms with Gasteiger partial charge in [0, 0.05) is 17.3 Å². The molecule has 0 atom stereocenters. The van der Waals surface area contributed by atoms with E-state index in [0.29, 0.717) is 32.6 Å². The number of aromatic nitrogens is 3. The Bertz CT molecular complexity index is 1380. The predicted octanol–water partition coefficient (Wildman–Crippen LogP) is 5.97. The molecule has 2 aromatic carbocycles. The normalized spacial score (nSPS) is 11.5. The average molecular weight is 488 g/mol. The van der Waals surface area contributed by atoms with Crippen molar-refractivity contribution in [2.75, 3.05) is 10.6 Å². The molecule has 0 spiro atoms. The van der Waals surface area contributed by atoms with E-state index in [4.69, 9.17) is 0 Å². The highest BCUT2D eigenvalue weighted by atomic mass is 32.1. The van der Waals surface area contributed by atoms with Crippen LogP contribution in [-0.2, 0) is 6.18 Å². The Hall–Kier alpha value is -3.86. The number of thiazole rings is 1. The fourth-order valence-electron chi connectivity index (χ4n) is 3.28. The maximum absolute atomic E-state index is 13.0. The number of aryl methyl sites for hydroxylation is 2. The van der Waals surface area contributed by atoms with Crippen molar-refractivity contribution in [2.24, 2.45) is 0 Å². The number of anilines is 3. The van der Waals surface area contributed by atoms with E-state index >= 15 is 0 Å². The van der Waals surface area contributed by atoms with Crippen molar-refractivity contribution in [2.45, 2.75) is 26.9 Å². The topological polar surface area (TPSA) is 92.1 Å². The predicted molar refractivity (Wildman–Crippen MR) is 124 cm³/mol. The lowest BCUT2D eigenvalue weighted by Crippen LogP contribution is -2.12. The zero-order valence-electron chi connectivity index (χ0n) is 18.4. The van der Waals surface area contributed by atoms with Gasteiger partial charge in [0.25, 0.3) is 5.91 Å². The monoisotopic (exact) mass is 487 g/mol. The molecule has 0 aliphatic rings. The van der Waals surface area contributed by atoms with Crippen LogP contribution >= 0.6 is 11.3 Å². The van der Waals surface area contributed by atoms with Crippen molar-refractivity contribution in [1.29, 1.82) is 0 Å². The van der Waals surface area contributed by atoms with Crippen LogP contribution in [-0.4, -0.2) is 25.8 Å². The first-order chi connectivity index (χ1) is 16.0. The molecular formula is C23H20F3N5O2S. The molecule has 0 fully saturated rings. The fourth-order valence-corrected chi connectivity index (χ4v) is 3.99. The van der Waals surface area contributed by atoms with Gasteiger partial charge in [-0.3, -0.25) is 4.79 Å². The summed E-state index contributed by atoms with van der Waals surface area (Å²) in [6.07, 6.45) is -1.44. The van der Waals surface area contributed by atoms with Crippen LogP contribution in [0.3, 0.4) is 0 Å². The number of nitrogens with zero attached hydrogens (tertiary/aromatic N) is 3. The van der Waals surface area contributed by atoms with E-state index in [1.54, 1.807) is 32.2 Å². The Labute approximate surface area is 196 Å². The molecule has 176 valence electrons. The number of nitrogens with one attached hydrogen (secondary N) is 2. The summed E-state index contributed by atoms with van der Waals surface area (Å²) in [7, 11) is 0. The zero-order valence-corrected chi connectivity index (χ0v) is 19.2. The molecule has 0 unspecified atom stereocenters. The largest absolute Gasteiger partial charge is 0.508 e. The van der Waals surface area contributed by atoms with Gasteiger partial charge in [-0.1, -0.05) is 23.5 Å². The highest BCUT2D eigenvalue weighted by Crippen LogP contribution is 2.32. The summed E-state index contributed by atoms with van der Waals surface area (Å²) in [4.78, 5) is 17.2. The average Bonchev–Trinajstić information content (AvgIpc) is 3.40. The molecule has 0 bridgehead atoms. The number of aromatic hydroxyl groups is 1. The minimum atomic E-state index is -4.45. The summed E-state index contributed by atoms with van der Waals surface area (Å²) >= 11 is 1.10. The number of phenols is 1. The smallest absolute Gasteiger partial charge is 0.416 e. The van der Waals surface area contributed by atoms with E-state index in [9.17, 15) is 23.1 Å². The minimum Gasteiger partial charge on any atom is -0.508 e. The maximum atomic E-state index is 13.0. The van der Waals surface area contributed by atoms with Crippen molar-refractivity contribution >= 4 is 33.9 Å². The molecule has 0 saturated carbocycles. The highest BCUT2D eigenvalue weighted by molar-refractivity contribution is 7.17. The molecule has 1 amide bonds. The number of phenolic OH excluding ortho intramolecular Hbond substituents is 1. The van der Waals surface area contributed by atoms with E-state index in [-0.39, 0.29) is 17.3 Å². The Balaban J connectivity index is 1.52. The van der Waals surface area contributed by atoms with E-state index in [0.717, 1.165) is 29.0 Å². The molecule has 0 radical (unpaired) electrons. The zero-order chi connectivity index (χ0) is 24.6. The summed E-state index contributed by atoms with van der Waals surface area (Å²) in [5.41, 5.74) is 2.09. The lowest BCUT2D eigenvalue weighted by atomic mass is 10.1. The summed E-state index contributed by atoms with van der Waals surface area (Å²) < 4.78 is 40.4. The van der Waals surface area contributed by atoms with Crippen LogP contribution in [0.25, 0.3) is 5.69 Å². The van der Waals surface area contributed by atoms with Crippen molar-refractivity contribution in [3.8, 4) is 11.4 Å². The quantitative estimate of drug-likeness (QED) is 0.322. The molecule has 0 aliphatic heterocycles. The molecule has 0 saturated heterocycles. The fraction of sp³-hybridized carbons (Fsp3) is 0.174. The molecule has 0 aliphatic carbocycles. The molecule has 11 heteroatoms. The Morgan fingerprint density at radius 2 is 1.88 bits per heavy atom. The van der Waals surface area contributed by atoms with Crippen LogP contribution in [0.2, 0.25) is 0 Å². The van der Waals surface area contributed by atoms with Gasteiger partial charge < -0.3 is 15.7 Å². The second-order valence-corrected chi connectivity index (χ2v) is 8.69. The van der Waals surface area contributed by atoms with Gasteiger partial charge in [0.05, 0.1) is 23.1 Å². The van der Waals surface area contributed by atoms with Crippen LogP contribution in [0.1, 0.15) is 31.9 Å². The second-order valence-electron chi connectivity index (χ2n) is 7.66. The molecule has 7 nitrogen and oxygen atoms in total. The summed E-state index contributed by atoms with van der Waals surface area (Å²) in [6.45, 7) is 5.29. The summed E-state index contributed by atoms with van der Waals surface area (Å²) in [6, 6.07) is 8.15. The van der Waals surface area contributed by atoms with Gasteiger partial charge in [0.15, 0.2) is 10.9 Å². The summed E-state index contributed by atoms with van der Waals surface area (Å²) in [5, 5.41) is 20.4. The second kappa shape index (κ2) is 8.82. The van der Waals surface area contributed by atoms with Gasteiger partial charge in [0.2, 0.25) is 0 Å². The van der Waals surface area contributed by atoms with Crippen molar-refractivity contribution in [1.82, 2.24) is 14.8 Å². The van der Waals surface area contributed by atoms with E-state index in [1.165, 1.54) is 23.0 Å². The SMILES string of the molecule is Cc1cn(-c2cccc(C(F)(F)F)c2)nc1Nc1ncc(C(=O)Nc2c(C)ccc(O)c2C)s1. The first kappa shape index (κ1) is 23.3. The molecule has 2 heterocycles. The van der Waals surface area contributed by atoms with Gasteiger partial charge in [0.1, 0.15) is 10.6 Å². The maximum Gasteiger partial charge on any atom is 0.416 e. The standard InChI is InChI=1S/C23H20F3N5O2S/c1-12-7-8-17(32)14(3)19(12)28-21(33)18-10-27-22(34-18)29-20-13(2)11-31(30-20)16-6-4-5-15(9-16)23(24,25)26/h4-11,32H,1-3H3,(H,28,33)(H,27,29,30). The van der Waals surface area contributed by atoms with Gasteiger partial charge in [-0.25, -0.2) is 9.67 Å².